The first-order valence-corrected chi connectivity index (χ1v) is 7.91. The Morgan fingerprint density at radius 3 is 2.60 bits per heavy atom. The van der Waals surface area contributed by atoms with E-state index in [0.717, 1.165) is 16.8 Å². The van der Waals surface area contributed by atoms with Gasteiger partial charge in [-0.1, -0.05) is 24.3 Å². The molecule has 0 aliphatic carbocycles. The highest BCUT2D eigenvalue weighted by molar-refractivity contribution is 5.98. The number of carbonyl (C=O) groups excluding carboxylic acids is 2. The molecular formula is C20H21FN2O2. The average Bonchev–Trinajstić information content (AvgIpc) is 2.56. The topological polar surface area (TPSA) is 49.4 Å². The highest BCUT2D eigenvalue weighted by Crippen LogP contribution is 2.17. The Labute approximate surface area is 147 Å². The van der Waals surface area contributed by atoms with Gasteiger partial charge >= 0.3 is 0 Å². The summed E-state index contributed by atoms with van der Waals surface area (Å²) in [6.45, 7) is 3.83. The van der Waals surface area contributed by atoms with Crippen LogP contribution in [0, 0.1) is 19.7 Å². The predicted molar refractivity (Wildman–Crippen MR) is 97.6 cm³/mol. The molecular weight excluding hydrogens is 319 g/mol. The smallest absolute Gasteiger partial charge is 0.246 e. The van der Waals surface area contributed by atoms with Crippen molar-refractivity contribution < 1.29 is 14.0 Å². The van der Waals surface area contributed by atoms with E-state index in [9.17, 15) is 14.0 Å². The highest BCUT2D eigenvalue weighted by atomic mass is 19.1. The fraction of sp³-hybridized carbons (Fsp3) is 0.200. The summed E-state index contributed by atoms with van der Waals surface area (Å²) in [4.78, 5) is 25.5. The van der Waals surface area contributed by atoms with Crippen LogP contribution in [-0.2, 0) is 9.59 Å². The van der Waals surface area contributed by atoms with Crippen LogP contribution in [0.25, 0.3) is 6.08 Å². The molecule has 2 amide bonds. The number of likely N-dealkylation sites (N-methyl/N-ethyl adjacent to an activating group) is 1. The third-order valence-corrected chi connectivity index (χ3v) is 3.90. The van der Waals surface area contributed by atoms with Gasteiger partial charge in [-0.25, -0.2) is 4.39 Å². The third-order valence-electron chi connectivity index (χ3n) is 3.90. The van der Waals surface area contributed by atoms with Gasteiger partial charge < -0.3 is 10.2 Å². The van der Waals surface area contributed by atoms with Crippen molar-refractivity contribution >= 4 is 23.6 Å². The second kappa shape index (κ2) is 8.24. The quantitative estimate of drug-likeness (QED) is 0.846. The van der Waals surface area contributed by atoms with E-state index in [1.54, 1.807) is 19.2 Å². The van der Waals surface area contributed by atoms with Crippen LogP contribution in [0.15, 0.2) is 48.5 Å². The Bertz CT molecular complexity index is 815. The number of hydrogen-bond donors (Lipinski definition) is 1. The van der Waals surface area contributed by atoms with Crippen molar-refractivity contribution in [1.29, 1.82) is 0 Å². The van der Waals surface area contributed by atoms with Gasteiger partial charge in [0.2, 0.25) is 11.8 Å². The van der Waals surface area contributed by atoms with E-state index in [4.69, 9.17) is 0 Å². The normalized spacial score (nSPS) is 10.7. The van der Waals surface area contributed by atoms with Crippen LogP contribution in [-0.4, -0.2) is 30.3 Å². The molecule has 2 aromatic carbocycles. The summed E-state index contributed by atoms with van der Waals surface area (Å²) in [5, 5.41) is 2.81. The highest BCUT2D eigenvalue weighted by Gasteiger charge is 2.12. The fourth-order valence-corrected chi connectivity index (χ4v) is 2.27. The number of nitrogens with zero attached hydrogens (tertiary/aromatic N) is 1. The lowest BCUT2D eigenvalue weighted by molar-refractivity contribution is -0.129. The molecule has 0 bridgehead atoms. The van der Waals surface area contributed by atoms with Gasteiger partial charge in [0.15, 0.2) is 0 Å². The number of halogens is 1. The Kier molecular flexibility index (Phi) is 6.06. The van der Waals surface area contributed by atoms with E-state index in [1.165, 1.54) is 29.2 Å². The molecule has 0 aliphatic heterocycles. The standard InChI is InChI=1S/C20H21FN2O2/c1-14-6-4-9-18(15(14)2)22-19(24)13-23(3)20(25)11-10-16-7-5-8-17(21)12-16/h4-12H,13H2,1-3H3,(H,22,24)/b11-10+. The van der Waals surface area contributed by atoms with Gasteiger partial charge in [-0.3, -0.25) is 9.59 Å². The van der Waals surface area contributed by atoms with Crippen LogP contribution in [0.1, 0.15) is 16.7 Å². The van der Waals surface area contributed by atoms with Crippen molar-refractivity contribution in [3.8, 4) is 0 Å². The second-order valence-corrected chi connectivity index (χ2v) is 5.88. The number of anilines is 1. The van der Waals surface area contributed by atoms with Crippen molar-refractivity contribution in [3.05, 3.63) is 71.0 Å². The number of hydrogen-bond acceptors (Lipinski definition) is 2. The summed E-state index contributed by atoms with van der Waals surface area (Å²) in [5.41, 5.74) is 3.40. The lowest BCUT2D eigenvalue weighted by Gasteiger charge is -2.16. The Morgan fingerprint density at radius 1 is 1.16 bits per heavy atom. The molecule has 0 heterocycles. The summed E-state index contributed by atoms with van der Waals surface area (Å²) < 4.78 is 13.1. The van der Waals surface area contributed by atoms with Crippen molar-refractivity contribution in [3.63, 3.8) is 0 Å². The third kappa shape index (κ3) is 5.28. The Morgan fingerprint density at radius 2 is 1.88 bits per heavy atom. The minimum atomic E-state index is -0.365. The molecule has 25 heavy (non-hydrogen) atoms. The van der Waals surface area contributed by atoms with E-state index in [2.05, 4.69) is 5.32 Å². The molecule has 0 spiro atoms. The first-order chi connectivity index (χ1) is 11.9. The molecule has 4 nitrogen and oxygen atoms in total. The first-order valence-electron chi connectivity index (χ1n) is 7.91. The summed E-state index contributed by atoms with van der Waals surface area (Å²) in [6, 6.07) is 11.6. The SMILES string of the molecule is Cc1cccc(NC(=O)CN(C)C(=O)/C=C/c2cccc(F)c2)c1C. The van der Waals surface area contributed by atoms with Crippen LogP contribution in [0.3, 0.4) is 0 Å². The van der Waals surface area contributed by atoms with Gasteiger partial charge in [0.25, 0.3) is 0 Å². The van der Waals surface area contributed by atoms with Crippen LogP contribution in [0.4, 0.5) is 10.1 Å². The molecule has 0 aromatic heterocycles. The van der Waals surface area contributed by atoms with Crippen LogP contribution in [0.2, 0.25) is 0 Å². The molecule has 0 saturated carbocycles. The zero-order valence-corrected chi connectivity index (χ0v) is 14.5. The molecule has 2 aromatic rings. The van der Waals surface area contributed by atoms with Gasteiger partial charge in [0.1, 0.15) is 5.82 Å². The van der Waals surface area contributed by atoms with Gasteiger partial charge in [-0.2, -0.15) is 0 Å². The minimum absolute atomic E-state index is 0.0697. The molecule has 5 heteroatoms. The van der Waals surface area contributed by atoms with E-state index < -0.39 is 0 Å². The molecule has 0 atom stereocenters. The number of amides is 2. The van der Waals surface area contributed by atoms with Crippen molar-refractivity contribution in [2.75, 3.05) is 18.9 Å². The fourth-order valence-electron chi connectivity index (χ4n) is 2.27. The van der Waals surface area contributed by atoms with Gasteiger partial charge in [0.05, 0.1) is 6.54 Å². The first kappa shape index (κ1) is 18.4. The Hall–Kier alpha value is -2.95. The molecule has 0 saturated heterocycles. The van der Waals surface area contributed by atoms with Gasteiger partial charge in [0, 0.05) is 18.8 Å². The minimum Gasteiger partial charge on any atom is -0.333 e. The number of carbonyl (C=O) groups is 2. The average molecular weight is 340 g/mol. The summed E-state index contributed by atoms with van der Waals surface area (Å²) in [6.07, 6.45) is 2.84. The van der Waals surface area contributed by atoms with E-state index in [-0.39, 0.29) is 24.2 Å². The maximum atomic E-state index is 13.1. The zero-order valence-electron chi connectivity index (χ0n) is 14.5. The maximum absolute atomic E-state index is 13.1. The van der Waals surface area contributed by atoms with Gasteiger partial charge in [-0.15, -0.1) is 0 Å². The molecule has 130 valence electrons. The zero-order chi connectivity index (χ0) is 18.4. The number of rotatable bonds is 5. The molecule has 2 rings (SSSR count). The number of nitrogens with one attached hydrogen (secondary N) is 1. The van der Waals surface area contributed by atoms with Crippen molar-refractivity contribution in [2.24, 2.45) is 0 Å². The summed E-state index contributed by atoms with van der Waals surface area (Å²) >= 11 is 0. The second-order valence-electron chi connectivity index (χ2n) is 5.88. The lowest BCUT2D eigenvalue weighted by Crippen LogP contribution is -2.34. The molecule has 0 radical (unpaired) electrons. The molecule has 0 aliphatic rings. The van der Waals surface area contributed by atoms with Gasteiger partial charge in [-0.05, 0) is 54.8 Å². The van der Waals surface area contributed by atoms with Crippen molar-refractivity contribution in [1.82, 2.24) is 4.90 Å². The number of benzene rings is 2. The molecule has 1 N–H and O–H groups in total. The van der Waals surface area contributed by atoms with Crippen LogP contribution in [0.5, 0.6) is 0 Å². The predicted octanol–water partition coefficient (Wildman–Crippen LogP) is 3.55. The molecule has 0 unspecified atom stereocenters. The monoisotopic (exact) mass is 340 g/mol. The van der Waals surface area contributed by atoms with E-state index in [0.29, 0.717) is 5.56 Å². The maximum Gasteiger partial charge on any atom is 0.246 e. The largest absolute Gasteiger partial charge is 0.333 e. The van der Waals surface area contributed by atoms with Crippen LogP contribution < -0.4 is 5.32 Å². The van der Waals surface area contributed by atoms with Crippen molar-refractivity contribution in [2.45, 2.75) is 13.8 Å². The van der Waals surface area contributed by atoms with E-state index >= 15 is 0 Å². The summed E-state index contributed by atoms with van der Waals surface area (Å²) in [7, 11) is 1.54. The summed E-state index contributed by atoms with van der Waals surface area (Å²) in [5.74, 6) is -0.972. The molecule has 0 fully saturated rings. The Balaban J connectivity index is 1.94. The van der Waals surface area contributed by atoms with Crippen LogP contribution >= 0.6 is 0 Å². The van der Waals surface area contributed by atoms with E-state index in [1.807, 2.05) is 32.0 Å². The number of aryl methyl sites for hydroxylation is 1. The lowest BCUT2D eigenvalue weighted by atomic mass is 10.1.